The standard InChI is InChI=1S/C12H16N2O3.C2H6/c1-12(2,3)17-11(16)14-9-6-4-5-8(7-9)10(13)15;1-2/h4-7H,1-3H3,(H2,13,15)(H,14,16);1-2H3. The van der Waals surface area contributed by atoms with Gasteiger partial charge in [-0.2, -0.15) is 0 Å². The van der Waals surface area contributed by atoms with Crippen LogP contribution in [0.2, 0.25) is 0 Å². The van der Waals surface area contributed by atoms with Crippen molar-refractivity contribution < 1.29 is 14.3 Å². The van der Waals surface area contributed by atoms with Crippen molar-refractivity contribution in [1.29, 1.82) is 0 Å². The van der Waals surface area contributed by atoms with Crippen molar-refractivity contribution >= 4 is 17.7 Å². The third kappa shape index (κ3) is 7.08. The first-order valence-corrected chi connectivity index (χ1v) is 6.18. The summed E-state index contributed by atoms with van der Waals surface area (Å²) in [5.41, 5.74) is 5.37. The van der Waals surface area contributed by atoms with E-state index in [2.05, 4.69) is 5.32 Å². The predicted molar refractivity (Wildman–Crippen MR) is 76.2 cm³/mol. The first kappa shape index (κ1) is 17.0. The second-order valence-corrected chi connectivity index (χ2v) is 4.57. The van der Waals surface area contributed by atoms with Gasteiger partial charge in [-0.15, -0.1) is 0 Å². The largest absolute Gasteiger partial charge is 0.444 e. The van der Waals surface area contributed by atoms with E-state index in [0.717, 1.165) is 0 Å². The Morgan fingerprint density at radius 2 is 1.79 bits per heavy atom. The van der Waals surface area contributed by atoms with E-state index in [1.54, 1.807) is 39.0 Å². The Morgan fingerprint density at radius 1 is 1.21 bits per heavy atom. The van der Waals surface area contributed by atoms with Crippen molar-refractivity contribution in [2.45, 2.75) is 40.2 Å². The van der Waals surface area contributed by atoms with Gasteiger partial charge in [0.1, 0.15) is 5.60 Å². The topological polar surface area (TPSA) is 81.4 Å². The molecule has 0 saturated heterocycles. The van der Waals surface area contributed by atoms with Crippen LogP contribution in [0, 0.1) is 0 Å². The molecule has 0 aromatic heterocycles. The third-order valence-electron chi connectivity index (χ3n) is 1.79. The van der Waals surface area contributed by atoms with E-state index in [1.807, 2.05) is 13.8 Å². The molecule has 0 aliphatic carbocycles. The summed E-state index contributed by atoms with van der Waals surface area (Å²) in [6, 6.07) is 6.35. The Balaban J connectivity index is 0.00000154. The number of carbonyl (C=O) groups excluding carboxylic acids is 2. The van der Waals surface area contributed by atoms with Crippen LogP contribution in [0.25, 0.3) is 0 Å². The van der Waals surface area contributed by atoms with Crippen molar-refractivity contribution in [3.05, 3.63) is 29.8 Å². The molecule has 3 N–H and O–H groups in total. The molecule has 5 heteroatoms. The van der Waals surface area contributed by atoms with Gasteiger partial charge < -0.3 is 10.5 Å². The number of nitrogens with one attached hydrogen (secondary N) is 1. The van der Waals surface area contributed by atoms with Crippen LogP contribution in [0.3, 0.4) is 0 Å². The second-order valence-electron chi connectivity index (χ2n) is 4.57. The van der Waals surface area contributed by atoms with Crippen LogP contribution in [0.5, 0.6) is 0 Å². The van der Waals surface area contributed by atoms with Gasteiger partial charge in [-0.05, 0) is 39.0 Å². The van der Waals surface area contributed by atoms with Gasteiger partial charge >= 0.3 is 6.09 Å². The molecule has 0 aliphatic rings. The summed E-state index contributed by atoms with van der Waals surface area (Å²) in [7, 11) is 0. The van der Waals surface area contributed by atoms with Crippen LogP contribution in [0.4, 0.5) is 10.5 Å². The maximum Gasteiger partial charge on any atom is 0.412 e. The Morgan fingerprint density at radius 3 is 2.26 bits per heavy atom. The minimum absolute atomic E-state index is 0.332. The Labute approximate surface area is 114 Å². The van der Waals surface area contributed by atoms with Gasteiger partial charge in [0.2, 0.25) is 5.91 Å². The number of nitrogens with two attached hydrogens (primary N) is 1. The summed E-state index contributed by atoms with van der Waals surface area (Å²) in [4.78, 5) is 22.4. The first-order valence-electron chi connectivity index (χ1n) is 6.18. The number of hydrogen-bond acceptors (Lipinski definition) is 3. The highest BCUT2D eigenvalue weighted by atomic mass is 16.6. The number of amides is 2. The zero-order valence-electron chi connectivity index (χ0n) is 12.1. The molecule has 5 nitrogen and oxygen atoms in total. The monoisotopic (exact) mass is 266 g/mol. The van der Waals surface area contributed by atoms with Gasteiger partial charge in [-0.1, -0.05) is 19.9 Å². The van der Waals surface area contributed by atoms with Gasteiger partial charge in [-0.3, -0.25) is 10.1 Å². The van der Waals surface area contributed by atoms with Crippen molar-refractivity contribution in [1.82, 2.24) is 0 Å². The van der Waals surface area contributed by atoms with Crippen LogP contribution >= 0.6 is 0 Å². The van der Waals surface area contributed by atoms with E-state index < -0.39 is 17.6 Å². The molecule has 19 heavy (non-hydrogen) atoms. The van der Waals surface area contributed by atoms with E-state index in [-0.39, 0.29) is 0 Å². The Kier molecular flexibility index (Phi) is 6.61. The van der Waals surface area contributed by atoms with Crippen molar-refractivity contribution in [2.75, 3.05) is 5.32 Å². The summed E-state index contributed by atoms with van der Waals surface area (Å²) >= 11 is 0. The molecular formula is C14H22N2O3. The van der Waals surface area contributed by atoms with E-state index in [9.17, 15) is 9.59 Å². The average molecular weight is 266 g/mol. The first-order chi connectivity index (χ1) is 8.78. The average Bonchev–Trinajstić information content (AvgIpc) is 2.29. The molecule has 0 spiro atoms. The maximum atomic E-state index is 11.5. The molecule has 0 aliphatic heterocycles. The molecule has 0 unspecified atom stereocenters. The molecule has 0 radical (unpaired) electrons. The summed E-state index contributed by atoms with van der Waals surface area (Å²) in [6.07, 6.45) is -0.570. The van der Waals surface area contributed by atoms with E-state index in [1.165, 1.54) is 6.07 Å². The number of hydrogen-bond donors (Lipinski definition) is 2. The number of anilines is 1. The SMILES string of the molecule is CC.CC(C)(C)OC(=O)Nc1cccc(C(N)=O)c1. The zero-order chi connectivity index (χ0) is 15.1. The quantitative estimate of drug-likeness (QED) is 0.862. The van der Waals surface area contributed by atoms with Crippen molar-refractivity contribution in [3.63, 3.8) is 0 Å². The summed E-state index contributed by atoms with van der Waals surface area (Å²) < 4.78 is 5.08. The Bertz CT molecular complexity index is 437. The number of ether oxygens (including phenoxy) is 1. The lowest BCUT2D eigenvalue weighted by molar-refractivity contribution is 0.0635. The normalized spacial score (nSPS) is 9.95. The highest BCUT2D eigenvalue weighted by molar-refractivity contribution is 5.95. The maximum absolute atomic E-state index is 11.5. The van der Waals surface area contributed by atoms with E-state index in [0.29, 0.717) is 11.3 Å². The van der Waals surface area contributed by atoms with Gasteiger partial charge in [0.15, 0.2) is 0 Å². The number of rotatable bonds is 2. The molecule has 1 rings (SSSR count). The molecule has 0 saturated carbocycles. The lowest BCUT2D eigenvalue weighted by Gasteiger charge is -2.19. The minimum Gasteiger partial charge on any atom is -0.444 e. The van der Waals surface area contributed by atoms with Gasteiger partial charge in [0, 0.05) is 11.3 Å². The van der Waals surface area contributed by atoms with Gasteiger partial charge in [0.25, 0.3) is 0 Å². The lowest BCUT2D eigenvalue weighted by Crippen LogP contribution is -2.27. The van der Waals surface area contributed by atoms with E-state index in [4.69, 9.17) is 10.5 Å². The highest BCUT2D eigenvalue weighted by Gasteiger charge is 2.16. The number of primary amides is 1. The van der Waals surface area contributed by atoms with Crippen LogP contribution in [0.15, 0.2) is 24.3 Å². The number of benzene rings is 1. The lowest BCUT2D eigenvalue weighted by atomic mass is 10.2. The summed E-state index contributed by atoms with van der Waals surface area (Å²) in [5, 5.41) is 2.52. The Hall–Kier alpha value is -2.04. The highest BCUT2D eigenvalue weighted by Crippen LogP contribution is 2.13. The minimum atomic E-state index is -0.570. The van der Waals surface area contributed by atoms with Crippen molar-refractivity contribution in [3.8, 4) is 0 Å². The molecule has 0 heterocycles. The fourth-order valence-corrected chi connectivity index (χ4v) is 1.17. The fraction of sp³-hybridized carbons (Fsp3) is 0.429. The molecule has 106 valence electrons. The molecular weight excluding hydrogens is 244 g/mol. The smallest absolute Gasteiger partial charge is 0.412 e. The van der Waals surface area contributed by atoms with Crippen molar-refractivity contribution in [2.24, 2.45) is 5.73 Å². The van der Waals surface area contributed by atoms with Crippen LogP contribution in [-0.2, 0) is 4.74 Å². The zero-order valence-corrected chi connectivity index (χ0v) is 12.1. The molecule has 0 fully saturated rings. The molecule has 0 atom stereocenters. The van der Waals surface area contributed by atoms with Gasteiger partial charge in [-0.25, -0.2) is 4.79 Å². The molecule has 1 aromatic carbocycles. The molecule has 0 bridgehead atoms. The van der Waals surface area contributed by atoms with Crippen LogP contribution < -0.4 is 11.1 Å². The number of carbonyl (C=O) groups is 2. The summed E-state index contributed by atoms with van der Waals surface area (Å²) in [5.74, 6) is -0.544. The molecule has 2 amide bonds. The van der Waals surface area contributed by atoms with Crippen LogP contribution in [-0.4, -0.2) is 17.6 Å². The fourth-order valence-electron chi connectivity index (χ4n) is 1.17. The third-order valence-corrected chi connectivity index (χ3v) is 1.79. The van der Waals surface area contributed by atoms with Crippen LogP contribution in [0.1, 0.15) is 45.0 Å². The van der Waals surface area contributed by atoms with Gasteiger partial charge in [0.05, 0.1) is 0 Å². The second kappa shape index (κ2) is 7.41. The predicted octanol–water partition coefficient (Wildman–Crippen LogP) is 3.16. The van der Waals surface area contributed by atoms with E-state index >= 15 is 0 Å². The summed E-state index contributed by atoms with van der Waals surface area (Å²) in [6.45, 7) is 9.31. The molecule has 1 aromatic rings.